The third kappa shape index (κ3) is 1.15. The number of fused-ring (bicyclic) bond motifs is 1. The van der Waals surface area contributed by atoms with Gasteiger partial charge in [-0.1, -0.05) is 6.07 Å². The molecule has 2 heterocycles. The Morgan fingerprint density at radius 3 is 2.93 bits per heavy atom. The van der Waals surface area contributed by atoms with E-state index in [2.05, 4.69) is 4.98 Å². The Hall–Kier alpha value is -2.17. The van der Waals surface area contributed by atoms with Gasteiger partial charge in [-0.2, -0.15) is 0 Å². The summed E-state index contributed by atoms with van der Waals surface area (Å²) in [4.78, 5) is 25.1. The van der Waals surface area contributed by atoms with Crippen molar-refractivity contribution in [2.75, 3.05) is 0 Å². The third-order valence-corrected chi connectivity index (χ3v) is 1.85. The molecule has 0 atom stereocenters. The van der Waals surface area contributed by atoms with Crippen molar-refractivity contribution in [2.24, 2.45) is 0 Å². The van der Waals surface area contributed by atoms with Crippen LogP contribution in [0.25, 0.3) is 5.65 Å². The standard InChI is InChI=1S/C9H6N2O3/c12-5-6-4-11-7(9(13)14)2-1-3-8(11)10-6/h1-5H,(H,13,14). The molecule has 2 rings (SSSR count). The smallest absolute Gasteiger partial charge is 0.352 e. The van der Waals surface area contributed by atoms with E-state index in [9.17, 15) is 9.59 Å². The maximum Gasteiger partial charge on any atom is 0.352 e. The molecule has 0 aliphatic carbocycles. The van der Waals surface area contributed by atoms with Gasteiger partial charge in [-0.25, -0.2) is 9.78 Å². The SMILES string of the molecule is O=Cc1cn2c(C(=O)O)cccc2n1. The molecule has 1 N–H and O–H groups in total. The fourth-order valence-electron chi connectivity index (χ4n) is 1.26. The molecule has 0 fully saturated rings. The van der Waals surface area contributed by atoms with Crippen molar-refractivity contribution in [1.82, 2.24) is 9.38 Å². The fraction of sp³-hybridized carbons (Fsp3) is 0. The second-order valence-corrected chi connectivity index (χ2v) is 2.73. The number of hydrogen-bond acceptors (Lipinski definition) is 3. The molecule has 0 aromatic carbocycles. The summed E-state index contributed by atoms with van der Waals surface area (Å²) in [5.41, 5.74) is 0.758. The topological polar surface area (TPSA) is 71.7 Å². The van der Waals surface area contributed by atoms with Gasteiger partial charge in [0, 0.05) is 6.20 Å². The van der Waals surface area contributed by atoms with E-state index in [1.165, 1.54) is 16.7 Å². The zero-order valence-electron chi connectivity index (χ0n) is 7.04. The predicted octanol–water partition coefficient (Wildman–Crippen LogP) is 0.845. The summed E-state index contributed by atoms with van der Waals surface area (Å²) >= 11 is 0. The Labute approximate surface area is 78.6 Å². The van der Waals surface area contributed by atoms with Crippen LogP contribution in [-0.2, 0) is 0 Å². The summed E-state index contributed by atoms with van der Waals surface area (Å²) in [6.07, 6.45) is 1.98. The minimum absolute atomic E-state index is 0.0862. The van der Waals surface area contributed by atoms with Crippen LogP contribution in [0.3, 0.4) is 0 Å². The highest BCUT2D eigenvalue weighted by Crippen LogP contribution is 2.07. The van der Waals surface area contributed by atoms with Crippen LogP contribution in [0, 0.1) is 0 Å². The van der Waals surface area contributed by atoms with Crippen molar-refractivity contribution >= 4 is 17.9 Å². The first-order valence-electron chi connectivity index (χ1n) is 3.89. The van der Waals surface area contributed by atoms with Crippen LogP contribution in [0.4, 0.5) is 0 Å². The van der Waals surface area contributed by atoms with Gasteiger partial charge in [0.15, 0.2) is 6.29 Å². The Kier molecular flexibility index (Phi) is 1.78. The molecule has 0 spiro atoms. The van der Waals surface area contributed by atoms with Crippen LogP contribution in [0.1, 0.15) is 21.0 Å². The van der Waals surface area contributed by atoms with E-state index in [0.29, 0.717) is 11.9 Å². The van der Waals surface area contributed by atoms with Gasteiger partial charge in [0.1, 0.15) is 17.0 Å². The van der Waals surface area contributed by atoms with Crippen molar-refractivity contribution in [1.29, 1.82) is 0 Å². The number of hydrogen-bond donors (Lipinski definition) is 1. The van der Waals surface area contributed by atoms with Gasteiger partial charge in [0.05, 0.1) is 0 Å². The van der Waals surface area contributed by atoms with Crippen molar-refractivity contribution < 1.29 is 14.7 Å². The van der Waals surface area contributed by atoms with Crippen molar-refractivity contribution in [3.63, 3.8) is 0 Å². The van der Waals surface area contributed by atoms with E-state index in [-0.39, 0.29) is 11.4 Å². The molecule has 70 valence electrons. The number of carboxylic acid groups (broad SMARTS) is 1. The Morgan fingerprint density at radius 2 is 2.29 bits per heavy atom. The third-order valence-electron chi connectivity index (χ3n) is 1.85. The first kappa shape index (κ1) is 8.43. The number of imidazole rings is 1. The minimum atomic E-state index is -1.05. The van der Waals surface area contributed by atoms with Gasteiger partial charge in [-0.3, -0.25) is 9.20 Å². The van der Waals surface area contributed by atoms with E-state index >= 15 is 0 Å². The summed E-state index contributed by atoms with van der Waals surface area (Å²) in [5.74, 6) is -1.05. The van der Waals surface area contributed by atoms with E-state index in [1.807, 2.05) is 0 Å². The monoisotopic (exact) mass is 190 g/mol. The first-order valence-corrected chi connectivity index (χ1v) is 3.89. The zero-order valence-corrected chi connectivity index (χ0v) is 7.04. The number of aromatic carboxylic acids is 1. The summed E-state index contributed by atoms with van der Waals surface area (Å²) in [5, 5.41) is 8.83. The lowest BCUT2D eigenvalue weighted by Gasteiger charge is -1.97. The van der Waals surface area contributed by atoms with Crippen LogP contribution >= 0.6 is 0 Å². The summed E-state index contributed by atoms with van der Waals surface area (Å²) < 4.78 is 1.37. The van der Waals surface area contributed by atoms with Gasteiger partial charge < -0.3 is 5.11 Å². The van der Waals surface area contributed by atoms with Crippen LogP contribution in [0.2, 0.25) is 0 Å². The second-order valence-electron chi connectivity index (χ2n) is 2.73. The second kappa shape index (κ2) is 2.95. The zero-order chi connectivity index (χ0) is 10.1. The van der Waals surface area contributed by atoms with E-state index in [0.717, 1.165) is 0 Å². The van der Waals surface area contributed by atoms with Gasteiger partial charge >= 0.3 is 5.97 Å². The van der Waals surface area contributed by atoms with Crippen molar-refractivity contribution in [2.45, 2.75) is 0 Å². The number of aldehydes is 1. The van der Waals surface area contributed by atoms with Crippen LogP contribution < -0.4 is 0 Å². The highest BCUT2D eigenvalue weighted by molar-refractivity contribution is 5.87. The van der Waals surface area contributed by atoms with Gasteiger partial charge in [-0.15, -0.1) is 0 Å². The van der Waals surface area contributed by atoms with Crippen LogP contribution in [0.15, 0.2) is 24.4 Å². The van der Waals surface area contributed by atoms with E-state index in [1.54, 1.807) is 12.1 Å². The summed E-state index contributed by atoms with van der Waals surface area (Å²) in [6, 6.07) is 4.67. The maximum atomic E-state index is 10.8. The van der Waals surface area contributed by atoms with Gasteiger partial charge in [-0.05, 0) is 12.1 Å². The molecular weight excluding hydrogens is 184 g/mol. The lowest BCUT2D eigenvalue weighted by atomic mass is 10.3. The number of aromatic nitrogens is 2. The molecule has 0 amide bonds. The molecule has 5 heteroatoms. The molecule has 0 radical (unpaired) electrons. The quantitative estimate of drug-likeness (QED) is 0.712. The lowest BCUT2D eigenvalue weighted by Crippen LogP contribution is -2.03. The summed E-state index contributed by atoms with van der Waals surface area (Å²) in [7, 11) is 0. The fourth-order valence-corrected chi connectivity index (χ4v) is 1.26. The average Bonchev–Trinajstić information content (AvgIpc) is 2.59. The summed E-state index contributed by atoms with van der Waals surface area (Å²) in [6.45, 7) is 0. The molecule has 0 bridgehead atoms. The Bertz CT molecular complexity index is 516. The molecule has 0 saturated heterocycles. The number of carbonyl (C=O) groups is 2. The van der Waals surface area contributed by atoms with Crippen LogP contribution in [0.5, 0.6) is 0 Å². The Balaban J connectivity index is 2.79. The lowest BCUT2D eigenvalue weighted by molar-refractivity contribution is 0.0688. The van der Waals surface area contributed by atoms with Gasteiger partial charge in [0.2, 0.25) is 0 Å². The molecule has 0 aliphatic heterocycles. The molecule has 0 saturated carbocycles. The Morgan fingerprint density at radius 1 is 1.50 bits per heavy atom. The average molecular weight is 190 g/mol. The number of nitrogens with zero attached hydrogens (tertiary/aromatic N) is 2. The molecule has 0 aliphatic rings. The molecule has 5 nitrogen and oxygen atoms in total. The normalized spacial score (nSPS) is 10.3. The van der Waals surface area contributed by atoms with E-state index in [4.69, 9.17) is 5.11 Å². The maximum absolute atomic E-state index is 10.8. The molecule has 0 unspecified atom stereocenters. The number of rotatable bonds is 2. The molecule has 2 aromatic rings. The number of carboxylic acids is 1. The first-order chi connectivity index (χ1) is 6.72. The highest BCUT2D eigenvalue weighted by atomic mass is 16.4. The molecule has 14 heavy (non-hydrogen) atoms. The van der Waals surface area contributed by atoms with Crippen LogP contribution in [-0.4, -0.2) is 26.7 Å². The predicted molar refractivity (Wildman–Crippen MR) is 47.5 cm³/mol. The van der Waals surface area contributed by atoms with Crippen molar-refractivity contribution in [3.05, 3.63) is 35.8 Å². The van der Waals surface area contributed by atoms with E-state index < -0.39 is 5.97 Å². The molecule has 2 aromatic heterocycles. The number of pyridine rings is 1. The van der Waals surface area contributed by atoms with Crippen molar-refractivity contribution in [3.8, 4) is 0 Å². The highest BCUT2D eigenvalue weighted by Gasteiger charge is 2.09. The van der Waals surface area contributed by atoms with Gasteiger partial charge in [0.25, 0.3) is 0 Å². The molecular formula is C9H6N2O3. The number of carbonyl (C=O) groups excluding carboxylic acids is 1. The largest absolute Gasteiger partial charge is 0.477 e. The minimum Gasteiger partial charge on any atom is -0.477 e.